The molecule has 4 aliphatic heterocycles. The number of likely N-dealkylation sites (tertiary alicyclic amines) is 1. The number of carbonyl (C=O) groups excluding carboxylic acids is 1. The van der Waals surface area contributed by atoms with E-state index in [1.807, 2.05) is 4.90 Å². The largest absolute Gasteiger partial charge is 0.461 e. The second-order valence-electron chi connectivity index (χ2n) is 12.3. The van der Waals surface area contributed by atoms with Crippen LogP contribution in [0, 0.1) is 11.6 Å². The minimum absolute atomic E-state index is 0.0114. The fourth-order valence-corrected chi connectivity index (χ4v) is 8.16. The van der Waals surface area contributed by atoms with Crippen LogP contribution in [-0.2, 0) is 4.79 Å². The van der Waals surface area contributed by atoms with Crippen LogP contribution in [0.15, 0.2) is 49.1 Å². The first kappa shape index (κ1) is 27.6. The van der Waals surface area contributed by atoms with E-state index >= 15 is 4.39 Å². The summed E-state index contributed by atoms with van der Waals surface area (Å²) in [6.45, 7) is 7.43. The van der Waals surface area contributed by atoms with E-state index in [1.54, 1.807) is 24.3 Å². The van der Waals surface area contributed by atoms with Gasteiger partial charge in [-0.3, -0.25) is 9.69 Å². The molecule has 8 nitrogen and oxygen atoms in total. The summed E-state index contributed by atoms with van der Waals surface area (Å²) in [5.41, 5.74) is 0.660. The summed E-state index contributed by atoms with van der Waals surface area (Å²) in [4.78, 5) is 33.1. The smallest absolute Gasteiger partial charge is 0.320 e. The van der Waals surface area contributed by atoms with Crippen molar-refractivity contribution in [2.24, 2.45) is 0 Å². The molecule has 4 fully saturated rings. The maximum atomic E-state index is 16.0. The predicted molar refractivity (Wildman–Crippen MR) is 165 cm³/mol. The molecule has 4 aliphatic rings. The molecule has 6 heterocycles. The van der Waals surface area contributed by atoms with Gasteiger partial charge in [0, 0.05) is 24.0 Å². The van der Waals surface area contributed by atoms with E-state index in [0.29, 0.717) is 47.2 Å². The fraction of sp³-hybridized carbons (Fsp3) is 0.394. The van der Waals surface area contributed by atoms with E-state index in [2.05, 4.69) is 16.4 Å². The van der Waals surface area contributed by atoms with Crippen molar-refractivity contribution in [3.8, 4) is 17.3 Å². The normalized spacial score (nSPS) is 22.3. The van der Waals surface area contributed by atoms with Crippen molar-refractivity contribution in [3.05, 3.63) is 65.7 Å². The van der Waals surface area contributed by atoms with Gasteiger partial charge >= 0.3 is 6.01 Å². The molecule has 0 unspecified atom stereocenters. The molecule has 0 saturated carbocycles. The standard InChI is InChI=1S/C33H31ClF2N6O2/c1-2-26(43)41-15-10-24-25(41)17-42(24)31-21-16-23(36)29(20-7-3-6-19-8-9-22(35)28(34)27(19)20)37-30(21)38-32(39-31)44-18-33-11-4-13-40(33)14-5-12-33/h2-3,6-9,16,24-25H,1,4-5,10-15,17-18H2/t24-,25-/m1/s1. The topological polar surface area (TPSA) is 74.7 Å². The lowest BCUT2D eigenvalue weighted by Gasteiger charge is -2.47. The number of rotatable bonds is 6. The third-order valence-corrected chi connectivity index (χ3v) is 10.5. The average molecular weight is 617 g/mol. The second-order valence-corrected chi connectivity index (χ2v) is 12.7. The quantitative estimate of drug-likeness (QED) is 0.255. The van der Waals surface area contributed by atoms with Crippen molar-refractivity contribution in [3.63, 3.8) is 0 Å². The number of amides is 1. The lowest BCUT2D eigenvalue weighted by molar-refractivity contribution is -0.127. The molecule has 0 N–H and O–H groups in total. The zero-order valence-corrected chi connectivity index (χ0v) is 24.9. The summed E-state index contributed by atoms with van der Waals surface area (Å²) in [6, 6.07) is 9.80. The Morgan fingerprint density at radius 1 is 1.07 bits per heavy atom. The highest BCUT2D eigenvalue weighted by Crippen LogP contribution is 2.42. The maximum Gasteiger partial charge on any atom is 0.320 e. The molecule has 226 valence electrons. The number of benzene rings is 2. The Labute approximate surface area is 258 Å². The number of hydrogen-bond acceptors (Lipinski definition) is 7. The molecule has 0 radical (unpaired) electrons. The lowest BCUT2D eigenvalue weighted by atomic mass is 9.95. The van der Waals surface area contributed by atoms with Crippen LogP contribution in [0.4, 0.5) is 14.6 Å². The number of fused-ring (bicyclic) bond motifs is 4. The van der Waals surface area contributed by atoms with E-state index < -0.39 is 11.6 Å². The van der Waals surface area contributed by atoms with E-state index in [9.17, 15) is 9.18 Å². The SMILES string of the molecule is C=CC(=O)N1CC[C@@H]2[C@H]1CN2c1nc(OCC23CCCN2CCC3)nc2nc(-c3cccc4ccc(F)c(Cl)c34)c(F)cc12. The van der Waals surface area contributed by atoms with Gasteiger partial charge in [-0.05, 0) is 68.8 Å². The summed E-state index contributed by atoms with van der Waals surface area (Å²) in [5.74, 6) is -0.741. The first-order valence-corrected chi connectivity index (χ1v) is 15.6. The van der Waals surface area contributed by atoms with E-state index in [4.69, 9.17) is 31.3 Å². The number of ether oxygens (including phenoxy) is 1. The van der Waals surface area contributed by atoms with Gasteiger partial charge in [0.05, 0.1) is 28.0 Å². The van der Waals surface area contributed by atoms with Gasteiger partial charge in [-0.15, -0.1) is 0 Å². The second kappa shape index (κ2) is 10.3. The highest BCUT2D eigenvalue weighted by Gasteiger charge is 2.49. The zero-order chi connectivity index (χ0) is 30.2. The molecule has 0 bridgehead atoms. The molecular weight excluding hydrogens is 586 g/mol. The van der Waals surface area contributed by atoms with Crippen LogP contribution < -0.4 is 9.64 Å². The maximum absolute atomic E-state index is 16.0. The van der Waals surface area contributed by atoms with Gasteiger partial charge in [-0.1, -0.05) is 42.4 Å². The Balaban J connectivity index is 1.23. The molecule has 11 heteroatoms. The summed E-state index contributed by atoms with van der Waals surface area (Å²) in [5, 5.41) is 1.42. The van der Waals surface area contributed by atoms with E-state index in [0.717, 1.165) is 45.2 Å². The monoisotopic (exact) mass is 616 g/mol. The Bertz CT molecular complexity index is 1840. The highest BCUT2D eigenvalue weighted by atomic mass is 35.5. The summed E-state index contributed by atoms with van der Waals surface area (Å²) < 4.78 is 36.9. The Hall–Kier alpha value is -3.89. The molecule has 2 atom stereocenters. The number of aromatic nitrogens is 3. The molecule has 44 heavy (non-hydrogen) atoms. The molecule has 2 aromatic carbocycles. The van der Waals surface area contributed by atoms with Gasteiger partial charge in [0.2, 0.25) is 5.91 Å². The molecule has 4 saturated heterocycles. The summed E-state index contributed by atoms with van der Waals surface area (Å²) in [6.07, 6.45) is 6.53. The molecular formula is C33H31ClF2N6O2. The van der Waals surface area contributed by atoms with Crippen molar-refractivity contribution in [1.29, 1.82) is 0 Å². The van der Waals surface area contributed by atoms with E-state index in [1.165, 1.54) is 18.2 Å². The number of pyridine rings is 1. The van der Waals surface area contributed by atoms with Gasteiger partial charge < -0.3 is 14.5 Å². The third-order valence-electron chi connectivity index (χ3n) is 10.1. The first-order chi connectivity index (χ1) is 21.4. The molecule has 8 rings (SSSR count). The third kappa shape index (κ3) is 4.18. The minimum Gasteiger partial charge on any atom is -0.461 e. The van der Waals surface area contributed by atoms with Crippen LogP contribution in [0.2, 0.25) is 5.02 Å². The Morgan fingerprint density at radius 3 is 2.68 bits per heavy atom. The van der Waals surface area contributed by atoms with Crippen LogP contribution in [0.1, 0.15) is 32.1 Å². The number of halogens is 3. The van der Waals surface area contributed by atoms with Crippen molar-refractivity contribution >= 4 is 45.1 Å². The van der Waals surface area contributed by atoms with Gasteiger partial charge in [0.1, 0.15) is 29.8 Å². The molecule has 4 aromatic rings. The summed E-state index contributed by atoms with van der Waals surface area (Å²) >= 11 is 6.40. The Morgan fingerprint density at radius 2 is 1.89 bits per heavy atom. The summed E-state index contributed by atoms with van der Waals surface area (Å²) in [7, 11) is 0. The van der Waals surface area contributed by atoms with Crippen LogP contribution in [0.3, 0.4) is 0 Å². The van der Waals surface area contributed by atoms with Gasteiger partial charge in [-0.25, -0.2) is 13.8 Å². The van der Waals surface area contributed by atoms with Crippen molar-refractivity contribution in [2.45, 2.75) is 49.7 Å². The number of carbonyl (C=O) groups is 1. The molecule has 0 aliphatic carbocycles. The van der Waals surface area contributed by atoms with Crippen LogP contribution in [-0.4, -0.2) is 81.1 Å². The van der Waals surface area contributed by atoms with Crippen molar-refractivity contribution < 1.29 is 18.3 Å². The zero-order valence-electron chi connectivity index (χ0n) is 24.1. The van der Waals surface area contributed by atoms with Crippen LogP contribution in [0.25, 0.3) is 33.1 Å². The molecule has 2 aromatic heterocycles. The minimum atomic E-state index is -0.595. The number of hydrogen-bond donors (Lipinski definition) is 0. The van der Waals surface area contributed by atoms with Gasteiger partial charge in [0.15, 0.2) is 5.65 Å². The fourth-order valence-electron chi connectivity index (χ4n) is 7.89. The first-order valence-electron chi connectivity index (χ1n) is 15.2. The van der Waals surface area contributed by atoms with Crippen molar-refractivity contribution in [1.82, 2.24) is 24.8 Å². The Kier molecular flexibility index (Phi) is 6.50. The molecule has 1 amide bonds. The average Bonchev–Trinajstić information content (AvgIpc) is 3.70. The highest BCUT2D eigenvalue weighted by molar-refractivity contribution is 6.36. The van der Waals surface area contributed by atoms with Crippen molar-refractivity contribution in [2.75, 3.05) is 37.7 Å². The van der Waals surface area contributed by atoms with Gasteiger partial charge in [-0.2, -0.15) is 9.97 Å². The predicted octanol–water partition coefficient (Wildman–Crippen LogP) is 5.76. The van der Waals surface area contributed by atoms with Crippen LogP contribution in [0.5, 0.6) is 6.01 Å². The number of anilines is 1. The molecule has 0 spiro atoms. The lowest BCUT2D eigenvalue weighted by Crippen LogP contribution is -2.63. The van der Waals surface area contributed by atoms with E-state index in [-0.39, 0.29) is 45.9 Å². The number of nitrogens with zero attached hydrogens (tertiary/aromatic N) is 6. The van der Waals surface area contributed by atoms with Gasteiger partial charge in [0.25, 0.3) is 0 Å². The van der Waals surface area contributed by atoms with Crippen LogP contribution >= 0.6 is 11.6 Å².